The van der Waals surface area contributed by atoms with Gasteiger partial charge in [-0.3, -0.25) is 9.79 Å². The summed E-state index contributed by atoms with van der Waals surface area (Å²) in [7, 11) is 1.53. The molecule has 124 valence electrons. The van der Waals surface area contributed by atoms with Gasteiger partial charge in [-0.1, -0.05) is 25.1 Å². The second kappa shape index (κ2) is 8.17. The lowest BCUT2D eigenvalue weighted by Crippen LogP contribution is -2.14. The first-order valence-electron chi connectivity index (χ1n) is 6.85. The topological polar surface area (TPSA) is 67.5 Å². The van der Waals surface area contributed by atoms with Crippen molar-refractivity contribution < 1.29 is 18.0 Å². The monoisotopic (exact) mass is 325 g/mol. The molecule has 0 aromatic heterocycles. The van der Waals surface area contributed by atoms with E-state index in [1.54, 1.807) is 31.2 Å². The number of carbonyl (C=O) groups is 1. The predicted octanol–water partition coefficient (Wildman–Crippen LogP) is 3.42. The molecule has 1 aromatic carbocycles. The molecular formula is C16H18F3N3O. The number of alkyl halides is 3. The van der Waals surface area contributed by atoms with Gasteiger partial charge in [0.25, 0.3) is 0 Å². The zero-order valence-corrected chi connectivity index (χ0v) is 12.8. The Morgan fingerprint density at radius 3 is 2.61 bits per heavy atom. The molecule has 0 spiro atoms. The van der Waals surface area contributed by atoms with Crippen molar-refractivity contribution in [1.29, 1.82) is 0 Å². The van der Waals surface area contributed by atoms with Crippen LogP contribution in [-0.4, -0.2) is 25.3 Å². The van der Waals surface area contributed by atoms with Crippen molar-refractivity contribution in [3.63, 3.8) is 0 Å². The Labute approximate surface area is 132 Å². The van der Waals surface area contributed by atoms with Gasteiger partial charge in [-0.2, -0.15) is 13.2 Å². The van der Waals surface area contributed by atoms with E-state index in [1.165, 1.54) is 7.05 Å². The third-order valence-corrected chi connectivity index (χ3v) is 2.88. The maximum atomic E-state index is 12.9. The van der Waals surface area contributed by atoms with Crippen LogP contribution in [0.5, 0.6) is 0 Å². The van der Waals surface area contributed by atoms with Crippen LogP contribution in [0.3, 0.4) is 0 Å². The molecule has 1 aromatic rings. The number of nitrogens with zero attached hydrogens (tertiary/aromatic N) is 1. The second-order valence-electron chi connectivity index (χ2n) is 4.60. The van der Waals surface area contributed by atoms with Gasteiger partial charge in [0.05, 0.1) is 11.3 Å². The van der Waals surface area contributed by atoms with Gasteiger partial charge >= 0.3 is 6.18 Å². The number of hydrogen-bond acceptors (Lipinski definition) is 3. The van der Waals surface area contributed by atoms with E-state index in [2.05, 4.69) is 10.3 Å². The minimum atomic E-state index is -4.52. The third-order valence-electron chi connectivity index (χ3n) is 2.88. The third kappa shape index (κ3) is 5.61. The first kappa shape index (κ1) is 18.5. The minimum Gasteiger partial charge on any atom is -0.384 e. The van der Waals surface area contributed by atoms with E-state index in [9.17, 15) is 18.0 Å². The van der Waals surface area contributed by atoms with Gasteiger partial charge in [-0.05, 0) is 24.6 Å². The van der Waals surface area contributed by atoms with Crippen LogP contribution in [-0.2, 0) is 4.79 Å². The molecule has 0 atom stereocenters. The lowest BCUT2D eigenvalue weighted by atomic mass is 10.1. The maximum absolute atomic E-state index is 12.9. The second-order valence-corrected chi connectivity index (χ2v) is 4.60. The standard InChI is InChI=1S/C16H18F3N3O/c1-3-5-12(16(17,18)19)9-14(10-23)22-13-7-4-6-11(8-13)15(20)21-2/h4-10,22H,3H2,1-2H3,(H2,20,21)/b12-5-,14-9-. The SMILES string of the molecule is CC/C=C(/C=C(/C=O)Nc1cccc(C(N)=NC)c1)C(F)(F)F. The van der Waals surface area contributed by atoms with E-state index in [-0.39, 0.29) is 18.0 Å². The fourth-order valence-electron chi connectivity index (χ4n) is 1.80. The van der Waals surface area contributed by atoms with Crippen LogP contribution in [0.2, 0.25) is 0 Å². The Bertz CT molecular complexity index is 646. The van der Waals surface area contributed by atoms with Crippen molar-refractivity contribution in [2.45, 2.75) is 19.5 Å². The molecule has 0 bridgehead atoms. The molecule has 0 unspecified atom stereocenters. The molecule has 0 aliphatic heterocycles. The molecule has 0 radical (unpaired) electrons. The average Bonchev–Trinajstić information content (AvgIpc) is 2.52. The van der Waals surface area contributed by atoms with Crippen LogP contribution in [0.4, 0.5) is 18.9 Å². The van der Waals surface area contributed by atoms with Crippen LogP contribution in [0.25, 0.3) is 0 Å². The summed E-state index contributed by atoms with van der Waals surface area (Å²) in [5, 5.41) is 2.65. The Morgan fingerprint density at radius 2 is 2.09 bits per heavy atom. The molecule has 3 N–H and O–H groups in total. The average molecular weight is 325 g/mol. The van der Waals surface area contributed by atoms with Gasteiger partial charge in [0.2, 0.25) is 0 Å². The molecule has 0 aliphatic carbocycles. The van der Waals surface area contributed by atoms with E-state index in [4.69, 9.17) is 5.73 Å². The number of benzene rings is 1. The van der Waals surface area contributed by atoms with Crippen molar-refractivity contribution in [3.8, 4) is 0 Å². The summed E-state index contributed by atoms with van der Waals surface area (Å²) in [5.41, 5.74) is 5.64. The number of amidine groups is 1. The summed E-state index contributed by atoms with van der Waals surface area (Å²) < 4.78 is 38.6. The zero-order valence-electron chi connectivity index (χ0n) is 12.8. The van der Waals surface area contributed by atoms with Gasteiger partial charge < -0.3 is 11.1 Å². The molecule has 0 amide bonds. The predicted molar refractivity (Wildman–Crippen MR) is 85.3 cm³/mol. The molecule has 7 heteroatoms. The lowest BCUT2D eigenvalue weighted by molar-refractivity contribution is -0.104. The normalized spacial score (nSPS) is 13.9. The Morgan fingerprint density at radius 1 is 1.39 bits per heavy atom. The quantitative estimate of drug-likeness (QED) is 0.277. The number of allylic oxidation sites excluding steroid dienone is 4. The number of carbonyl (C=O) groups excluding carboxylic acids is 1. The molecule has 0 heterocycles. The molecule has 0 saturated heterocycles. The molecule has 4 nitrogen and oxygen atoms in total. The number of anilines is 1. The van der Waals surface area contributed by atoms with Crippen LogP contribution >= 0.6 is 0 Å². The Kier molecular flexibility index (Phi) is 6.56. The number of aldehydes is 1. The maximum Gasteiger partial charge on any atom is 0.416 e. The largest absolute Gasteiger partial charge is 0.416 e. The number of nitrogens with two attached hydrogens (primary N) is 1. The van der Waals surface area contributed by atoms with E-state index < -0.39 is 11.7 Å². The number of nitrogens with one attached hydrogen (secondary N) is 1. The van der Waals surface area contributed by atoms with Gasteiger partial charge in [0.1, 0.15) is 5.84 Å². The highest BCUT2D eigenvalue weighted by molar-refractivity contribution is 5.98. The van der Waals surface area contributed by atoms with Crippen LogP contribution in [0.15, 0.2) is 52.7 Å². The Hall–Kier alpha value is -2.57. The van der Waals surface area contributed by atoms with Crippen LogP contribution in [0.1, 0.15) is 18.9 Å². The van der Waals surface area contributed by atoms with E-state index in [0.717, 1.165) is 12.2 Å². The highest BCUT2D eigenvalue weighted by Crippen LogP contribution is 2.28. The first-order valence-corrected chi connectivity index (χ1v) is 6.85. The summed E-state index contributed by atoms with van der Waals surface area (Å²) in [5.74, 6) is 0.284. The first-order chi connectivity index (χ1) is 10.8. The molecule has 0 saturated carbocycles. The van der Waals surface area contributed by atoms with Gasteiger partial charge in [-0.25, -0.2) is 0 Å². The van der Waals surface area contributed by atoms with Gasteiger partial charge in [-0.15, -0.1) is 0 Å². The number of hydrogen-bond donors (Lipinski definition) is 2. The number of halogens is 3. The van der Waals surface area contributed by atoms with Crippen molar-refractivity contribution >= 4 is 17.8 Å². The van der Waals surface area contributed by atoms with Crippen molar-refractivity contribution in [2.24, 2.45) is 10.7 Å². The van der Waals surface area contributed by atoms with Gasteiger partial charge in [0.15, 0.2) is 6.29 Å². The molecule has 0 fully saturated rings. The molecule has 23 heavy (non-hydrogen) atoms. The summed E-state index contributed by atoms with van der Waals surface area (Å²) >= 11 is 0. The summed E-state index contributed by atoms with van der Waals surface area (Å²) in [6.07, 6.45) is -2.19. The molecule has 1 rings (SSSR count). The fraction of sp³-hybridized carbons (Fsp3) is 0.250. The van der Waals surface area contributed by atoms with E-state index in [0.29, 0.717) is 17.5 Å². The summed E-state index contributed by atoms with van der Waals surface area (Å²) in [6.45, 7) is 1.59. The molecule has 0 aliphatic rings. The smallest absolute Gasteiger partial charge is 0.384 e. The number of rotatable bonds is 6. The van der Waals surface area contributed by atoms with Crippen molar-refractivity contribution in [1.82, 2.24) is 0 Å². The van der Waals surface area contributed by atoms with Crippen molar-refractivity contribution in [2.75, 3.05) is 12.4 Å². The van der Waals surface area contributed by atoms with Crippen molar-refractivity contribution in [3.05, 3.63) is 53.3 Å². The fourth-order valence-corrected chi connectivity index (χ4v) is 1.80. The highest BCUT2D eigenvalue weighted by atomic mass is 19.4. The Balaban J connectivity index is 3.11. The lowest BCUT2D eigenvalue weighted by Gasteiger charge is -2.11. The van der Waals surface area contributed by atoms with Gasteiger partial charge in [0, 0.05) is 18.3 Å². The minimum absolute atomic E-state index is 0.203. The summed E-state index contributed by atoms with van der Waals surface area (Å²) in [4.78, 5) is 14.9. The van der Waals surface area contributed by atoms with E-state index >= 15 is 0 Å². The summed E-state index contributed by atoms with van der Waals surface area (Å²) in [6, 6.07) is 6.57. The van der Waals surface area contributed by atoms with E-state index in [1.807, 2.05) is 0 Å². The van der Waals surface area contributed by atoms with Crippen LogP contribution < -0.4 is 11.1 Å². The molecular weight excluding hydrogens is 307 g/mol. The number of aliphatic imine (C=N–C) groups is 1. The van der Waals surface area contributed by atoms with Crippen LogP contribution in [0, 0.1) is 0 Å². The zero-order chi connectivity index (χ0) is 17.5. The highest BCUT2D eigenvalue weighted by Gasteiger charge is 2.31.